The van der Waals surface area contributed by atoms with E-state index in [2.05, 4.69) is 4.98 Å². The molecular formula is C13H14N2O2S. The van der Waals surface area contributed by atoms with Gasteiger partial charge in [0.1, 0.15) is 6.10 Å². The zero-order chi connectivity index (χ0) is 12.5. The largest absolute Gasteiger partial charge is 0.460 e. The third-order valence-electron chi connectivity index (χ3n) is 3.10. The molecule has 3 rings (SSSR count). The summed E-state index contributed by atoms with van der Waals surface area (Å²) in [6.07, 6.45) is 1.20. The Labute approximate surface area is 109 Å². The van der Waals surface area contributed by atoms with E-state index in [9.17, 15) is 4.79 Å². The summed E-state index contributed by atoms with van der Waals surface area (Å²) in [5.74, 6) is 2.09. The van der Waals surface area contributed by atoms with Gasteiger partial charge in [0.05, 0.1) is 10.9 Å². The SMILES string of the molecule is Cn1c(OC2CCSC2)nc2ccccc2c1=O. The molecule has 0 amide bonds. The Morgan fingerprint density at radius 3 is 3.06 bits per heavy atom. The van der Waals surface area contributed by atoms with Crippen LogP contribution in [0.5, 0.6) is 6.01 Å². The molecule has 0 radical (unpaired) electrons. The molecule has 0 N–H and O–H groups in total. The van der Waals surface area contributed by atoms with E-state index in [4.69, 9.17) is 4.74 Å². The van der Waals surface area contributed by atoms with Crippen LogP contribution in [0, 0.1) is 0 Å². The monoisotopic (exact) mass is 262 g/mol. The lowest BCUT2D eigenvalue weighted by molar-refractivity contribution is 0.201. The molecular weight excluding hydrogens is 248 g/mol. The smallest absolute Gasteiger partial charge is 0.299 e. The van der Waals surface area contributed by atoms with Crippen LogP contribution in [0.4, 0.5) is 0 Å². The maximum atomic E-state index is 12.2. The molecule has 1 unspecified atom stereocenters. The van der Waals surface area contributed by atoms with Crippen molar-refractivity contribution in [2.75, 3.05) is 11.5 Å². The number of fused-ring (bicyclic) bond motifs is 1. The predicted octanol–water partition coefficient (Wildman–Crippen LogP) is 1.82. The molecule has 0 spiro atoms. The van der Waals surface area contributed by atoms with Gasteiger partial charge in [-0.2, -0.15) is 16.7 Å². The fraction of sp³-hybridized carbons (Fsp3) is 0.385. The van der Waals surface area contributed by atoms with Gasteiger partial charge in [0.15, 0.2) is 0 Å². The second-order valence-electron chi connectivity index (χ2n) is 4.38. The quantitative estimate of drug-likeness (QED) is 0.828. The normalized spacial score (nSPS) is 19.3. The van der Waals surface area contributed by atoms with E-state index in [-0.39, 0.29) is 11.7 Å². The Bertz CT molecular complexity index is 632. The van der Waals surface area contributed by atoms with Gasteiger partial charge in [-0.1, -0.05) is 12.1 Å². The molecule has 1 saturated heterocycles. The first-order valence-electron chi connectivity index (χ1n) is 5.96. The Balaban J connectivity index is 2.06. The highest BCUT2D eigenvalue weighted by molar-refractivity contribution is 7.99. The van der Waals surface area contributed by atoms with Gasteiger partial charge in [-0.05, 0) is 24.3 Å². The molecule has 2 heterocycles. The molecule has 5 heteroatoms. The molecule has 0 saturated carbocycles. The maximum Gasteiger partial charge on any atom is 0.299 e. The Morgan fingerprint density at radius 2 is 2.28 bits per heavy atom. The molecule has 18 heavy (non-hydrogen) atoms. The fourth-order valence-corrected chi connectivity index (χ4v) is 3.15. The molecule has 1 fully saturated rings. The van der Waals surface area contributed by atoms with E-state index in [1.54, 1.807) is 13.1 Å². The van der Waals surface area contributed by atoms with Gasteiger partial charge >= 0.3 is 0 Å². The molecule has 94 valence electrons. The fourth-order valence-electron chi connectivity index (χ4n) is 2.06. The van der Waals surface area contributed by atoms with Gasteiger partial charge in [-0.15, -0.1) is 0 Å². The lowest BCUT2D eigenvalue weighted by Gasteiger charge is -2.14. The van der Waals surface area contributed by atoms with Crippen LogP contribution in [0.1, 0.15) is 6.42 Å². The summed E-state index contributed by atoms with van der Waals surface area (Å²) in [5, 5.41) is 0.633. The lowest BCUT2D eigenvalue weighted by Crippen LogP contribution is -2.25. The molecule has 0 aliphatic carbocycles. The van der Waals surface area contributed by atoms with Gasteiger partial charge in [0.2, 0.25) is 0 Å². The van der Waals surface area contributed by atoms with Crippen LogP contribution in [0.3, 0.4) is 0 Å². The summed E-state index contributed by atoms with van der Waals surface area (Å²) in [4.78, 5) is 16.6. The molecule has 2 aromatic rings. The van der Waals surface area contributed by atoms with Crippen molar-refractivity contribution in [3.05, 3.63) is 34.6 Å². The summed E-state index contributed by atoms with van der Waals surface area (Å²) in [6, 6.07) is 7.78. The van der Waals surface area contributed by atoms with Crippen LogP contribution >= 0.6 is 11.8 Å². The minimum absolute atomic E-state index is 0.0544. The molecule has 1 aliphatic rings. The summed E-state index contributed by atoms with van der Waals surface area (Å²) in [5.41, 5.74) is 0.641. The lowest BCUT2D eigenvalue weighted by atomic mass is 10.2. The van der Waals surface area contributed by atoms with Crippen molar-refractivity contribution >= 4 is 22.7 Å². The van der Waals surface area contributed by atoms with Crippen molar-refractivity contribution in [3.8, 4) is 6.01 Å². The second-order valence-corrected chi connectivity index (χ2v) is 5.53. The van der Waals surface area contributed by atoms with Gasteiger partial charge in [0.25, 0.3) is 11.6 Å². The van der Waals surface area contributed by atoms with Gasteiger partial charge in [-0.3, -0.25) is 9.36 Å². The number of rotatable bonds is 2. The van der Waals surface area contributed by atoms with Crippen LogP contribution in [-0.4, -0.2) is 27.2 Å². The van der Waals surface area contributed by atoms with E-state index in [1.807, 2.05) is 30.0 Å². The molecule has 1 aromatic heterocycles. The van der Waals surface area contributed by atoms with Crippen molar-refractivity contribution in [2.45, 2.75) is 12.5 Å². The van der Waals surface area contributed by atoms with Crippen LogP contribution < -0.4 is 10.3 Å². The van der Waals surface area contributed by atoms with E-state index < -0.39 is 0 Å². The highest BCUT2D eigenvalue weighted by Crippen LogP contribution is 2.22. The highest BCUT2D eigenvalue weighted by atomic mass is 32.2. The van der Waals surface area contributed by atoms with E-state index >= 15 is 0 Å². The number of hydrogen-bond acceptors (Lipinski definition) is 4. The Kier molecular flexibility index (Phi) is 2.99. The number of para-hydroxylation sites is 1. The van der Waals surface area contributed by atoms with E-state index in [0.717, 1.165) is 17.9 Å². The maximum absolute atomic E-state index is 12.2. The topological polar surface area (TPSA) is 44.1 Å². The van der Waals surface area contributed by atoms with Crippen molar-refractivity contribution in [3.63, 3.8) is 0 Å². The minimum Gasteiger partial charge on any atom is -0.460 e. The van der Waals surface area contributed by atoms with Gasteiger partial charge < -0.3 is 4.74 Å². The number of benzene rings is 1. The van der Waals surface area contributed by atoms with Gasteiger partial charge in [0, 0.05) is 12.8 Å². The van der Waals surface area contributed by atoms with Crippen LogP contribution in [-0.2, 0) is 7.05 Å². The van der Waals surface area contributed by atoms with Crippen molar-refractivity contribution in [1.29, 1.82) is 0 Å². The summed E-state index contributed by atoms with van der Waals surface area (Å²) in [7, 11) is 1.71. The van der Waals surface area contributed by atoms with Crippen molar-refractivity contribution in [1.82, 2.24) is 9.55 Å². The number of hydrogen-bond donors (Lipinski definition) is 0. The standard InChI is InChI=1S/C13H14N2O2S/c1-15-12(16)10-4-2-3-5-11(10)14-13(15)17-9-6-7-18-8-9/h2-5,9H,6-8H2,1H3. The van der Waals surface area contributed by atoms with Crippen LogP contribution in [0.25, 0.3) is 10.9 Å². The highest BCUT2D eigenvalue weighted by Gasteiger charge is 2.19. The summed E-state index contributed by atoms with van der Waals surface area (Å²) < 4.78 is 7.32. The van der Waals surface area contributed by atoms with Crippen molar-refractivity contribution in [2.24, 2.45) is 7.05 Å². The first-order valence-corrected chi connectivity index (χ1v) is 7.11. The molecule has 4 nitrogen and oxygen atoms in total. The average molecular weight is 262 g/mol. The Morgan fingerprint density at radius 1 is 1.44 bits per heavy atom. The third kappa shape index (κ3) is 1.99. The first kappa shape index (κ1) is 11.6. The summed E-state index contributed by atoms with van der Waals surface area (Å²) in [6.45, 7) is 0. The molecule has 1 atom stereocenters. The number of nitrogens with zero attached hydrogens (tertiary/aromatic N) is 2. The van der Waals surface area contributed by atoms with E-state index in [1.165, 1.54) is 4.57 Å². The Hall–Kier alpha value is -1.49. The predicted molar refractivity (Wildman–Crippen MR) is 73.3 cm³/mol. The number of aromatic nitrogens is 2. The molecule has 1 aromatic carbocycles. The third-order valence-corrected chi connectivity index (χ3v) is 4.23. The number of thioether (sulfide) groups is 1. The van der Waals surface area contributed by atoms with Crippen LogP contribution in [0.15, 0.2) is 29.1 Å². The van der Waals surface area contributed by atoms with Crippen molar-refractivity contribution < 1.29 is 4.74 Å². The average Bonchev–Trinajstić information content (AvgIpc) is 2.89. The molecule has 1 aliphatic heterocycles. The van der Waals surface area contributed by atoms with E-state index in [0.29, 0.717) is 16.9 Å². The first-order chi connectivity index (χ1) is 8.75. The molecule has 0 bridgehead atoms. The van der Waals surface area contributed by atoms with Gasteiger partial charge in [-0.25, -0.2) is 0 Å². The zero-order valence-electron chi connectivity index (χ0n) is 10.1. The number of ether oxygens (including phenoxy) is 1. The zero-order valence-corrected chi connectivity index (χ0v) is 10.9. The second kappa shape index (κ2) is 4.65. The summed E-state index contributed by atoms with van der Waals surface area (Å²) >= 11 is 1.87. The van der Waals surface area contributed by atoms with Crippen LogP contribution in [0.2, 0.25) is 0 Å². The minimum atomic E-state index is -0.0544.